The largest absolute Gasteiger partial charge is 0.573 e. The lowest BCUT2D eigenvalue weighted by atomic mass is 9.99. The Morgan fingerprint density at radius 2 is 1.67 bits per heavy atom. The first kappa shape index (κ1) is 14.8. The molecule has 0 bridgehead atoms. The number of carbonyl (C=O) groups is 1. The molecule has 0 saturated heterocycles. The molecule has 0 unspecified atom stereocenters. The molecule has 2 aromatic carbocycles. The van der Waals surface area contributed by atoms with Crippen molar-refractivity contribution < 1.29 is 32.2 Å². The van der Waals surface area contributed by atoms with Crippen LogP contribution in [0.3, 0.4) is 0 Å². The van der Waals surface area contributed by atoms with Gasteiger partial charge < -0.3 is 9.84 Å². The maximum atomic E-state index is 12.9. The van der Waals surface area contributed by atoms with Crippen molar-refractivity contribution in [1.82, 2.24) is 0 Å². The molecule has 0 aromatic heterocycles. The highest BCUT2D eigenvalue weighted by Gasteiger charge is 2.31. The lowest BCUT2D eigenvalue weighted by Crippen LogP contribution is -2.17. The molecule has 0 fully saturated rings. The van der Waals surface area contributed by atoms with Crippen LogP contribution >= 0.6 is 0 Å². The van der Waals surface area contributed by atoms with Gasteiger partial charge in [0.1, 0.15) is 11.6 Å². The Bertz CT molecular complexity index is 663. The number of hydrogen-bond donors (Lipinski definition) is 1. The van der Waals surface area contributed by atoms with Crippen LogP contribution in [0.5, 0.6) is 5.75 Å². The Labute approximate surface area is 116 Å². The van der Waals surface area contributed by atoms with Crippen LogP contribution in [0.1, 0.15) is 10.4 Å². The average Bonchev–Trinajstić information content (AvgIpc) is 2.37. The minimum atomic E-state index is -4.88. The Hall–Kier alpha value is -2.57. The summed E-state index contributed by atoms with van der Waals surface area (Å²) in [4.78, 5) is 11.1. The number of ether oxygens (including phenoxy) is 1. The second kappa shape index (κ2) is 5.43. The van der Waals surface area contributed by atoms with Gasteiger partial charge in [0, 0.05) is 0 Å². The first-order valence-corrected chi connectivity index (χ1v) is 5.65. The van der Waals surface area contributed by atoms with E-state index in [1.807, 2.05) is 0 Å². The van der Waals surface area contributed by atoms with Crippen molar-refractivity contribution in [2.24, 2.45) is 0 Å². The van der Waals surface area contributed by atoms with Gasteiger partial charge in [0.15, 0.2) is 0 Å². The highest BCUT2D eigenvalue weighted by atomic mass is 19.4. The van der Waals surface area contributed by atoms with Crippen molar-refractivity contribution in [3.8, 4) is 16.9 Å². The van der Waals surface area contributed by atoms with Crippen LogP contribution < -0.4 is 4.74 Å². The van der Waals surface area contributed by atoms with Crippen molar-refractivity contribution in [2.75, 3.05) is 0 Å². The van der Waals surface area contributed by atoms with E-state index >= 15 is 0 Å². The first-order valence-electron chi connectivity index (χ1n) is 5.65. The van der Waals surface area contributed by atoms with Crippen LogP contribution in [0.25, 0.3) is 11.1 Å². The maximum absolute atomic E-state index is 12.9. The maximum Gasteiger partial charge on any atom is 0.573 e. The molecule has 21 heavy (non-hydrogen) atoms. The molecule has 0 amide bonds. The van der Waals surface area contributed by atoms with Crippen molar-refractivity contribution >= 4 is 5.97 Å². The second-order valence-corrected chi connectivity index (χ2v) is 4.07. The summed E-state index contributed by atoms with van der Waals surface area (Å²) < 4.78 is 53.2. The molecule has 110 valence electrons. The number of aromatic carboxylic acids is 1. The van der Waals surface area contributed by atoms with Crippen LogP contribution in [0.15, 0.2) is 42.5 Å². The smallest absolute Gasteiger partial charge is 0.478 e. The number of benzene rings is 2. The molecular weight excluding hydrogens is 292 g/mol. The van der Waals surface area contributed by atoms with E-state index in [-0.39, 0.29) is 16.7 Å². The SMILES string of the molecule is O=C(O)c1ccc(OC(F)(F)F)cc1-c1ccc(F)cc1. The monoisotopic (exact) mass is 300 g/mol. The van der Waals surface area contributed by atoms with Crippen LogP contribution in [0.4, 0.5) is 17.6 Å². The molecule has 2 rings (SSSR count). The number of carboxylic acid groups (broad SMARTS) is 1. The van der Waals surface area contributed by atoms with Crippen molar-refractivity contribution in [1.29, 1.82) is 0 Å². The van der Waals surface area contributed by atoms with E-state index in [1.165, 1.54) is 12.1 Å². The number of alkyl halides is 3. The highest BCUT2D eigenvalue weighted by Crippen LogP contribution is 2.31. The normalized spacial score (nSPS) is 11.2. The summed E-state index contributed by atoms with van der Waals surface area (Å²) in [7, 11) is 0. The van der Waals surface area contributed by atoms with Crippen molar-refractivity contribution in [3.05, 3.63) is 53.8 Å². The molecule has 0 heterocycles. The van der Waals surface area contributed by atoms with E-state index in [0.717, 1.165) is 30.3 Å². The van der Waals surface area contributed by atoms with Gasteiger partial charge in [-0.2, -0.15) is 0 Å². The number of rotatable bonds is 3. The molecule has 2 aromatic rings. The topological polar surface area (TPSA) is 46.5 Å². The molecule has 0 aliphatic rings. The quantitative estimate of drug-likeness (QED) is 0.868. The standard InChI is InChI=1S/C14H8F4O3/c15-9-3-1-8(2-4-9)12-7-10(21-14(16,17)18)5-6-11(12)13(19)20/h1-7H,(H,19,20). The van der Waals surface area contributed by atoms with E-state index < -0.39 is 23.9 Å². The summed E-state index contributed by atoms with van der Waals surface area (Å²) in [5.74, 6) is -2.40. The molecule has 3 nitrogen and oxygen atoms in total. The minimum Gasteiger partial charge on any atom is -0.478 e. The van der Waals surface area contributed by atoms with Crippen LogP contribution in [0.2, 0.25) is 0 Å². The lowest BCUT2D eigenvalue weighted by Gasteiger charge is -2.12. The van der Waals surface area contributed by atoms with E-state index in [0.29, 0.717) is 0 Å². The van der Waals surface area contributed by atoms with Crippen LogP contribution in [0, 0.1) is 5.82 Å². The lowest BCUT2D eigenvalue weighted by molar-refractivity contribution is -0.274. The molecule has 0 aliphatic heterocycles. The second-order valence-electron chi connectivity index (χ2n) is 4.07. The number of hydrogen-bond acceptors (Lipinski definition) is 2. The Morgan fingerprint density at radius 3 is 2.19 bits per heavy atom. The summed E-state index contributed by atoms with van der Waals surface area (Å²) in [5, 5.41) is 9.07. The van der Waals surface area contributed by atoms with Gasteiger partial charge in [0.05, 0.1) is 5.56 Å². The summed E-state index contributed by atoms with van der Waals surface area (Å²) in [6.07, 6.45) is -4.88. The van der Waals surface area contributed by atoms with Crippen LogP contribution in [-0.4, -0.2) is 17.4 Å². The summed E-state index contributed by atoms with van der Waals surface area (Å²) in [6.45, 7) is 0. The zero-order chi connectivity index (χ0) is 15.6. The van der Waals surface area contributed by atoms with E-state index in [9.17, 15) is 22.4 Å². The zero-order valence-electron chi connectivity index (χ0n) is 10.3. The van der Waals surface area contributed by atoms with E-state index in [4.69, 9.17) is 5.11 Å². The summed E-state index contributed by atoms with van der Waals surface area (Å²) >= 11 is 0. The van der Waals surface area contributed by atoms with Gasteiger partial charge in [-0.3, -0.25) is 0 Å². The third-order valence-corrected chi connectivity index (χ3v) is 2.61. The third kappa shape index (κ3) is 3.71. The van der Waals surface area contributed by atoms with E-state index in [2.05, 4.69) is 4.74 Å². The van der Waals surface area contributed by atoms with Gasteiger partial charge in [-0.25, -0.2) is 9.18 Å². The molecule has 1 N–H and O–H groups in total. The van der Waals surface area contributed by atoms with E-state index in [1.54, 1.807) is 0 Å². The van der Waals surface area contributed by atoms with Crippen molar-refractivity contribution in [3.63, 3.8) is 0 Å². The highest BCUT2D eigenvalue weighted by molar-refractivity contribution is 5.96. The molecule has 0 radical (unpaired) electrons. The molecule has 7 heteroatoms. The molecule has 0 saturated carbocycles. The number of carboxylic acids is 1. The predicted molar refractivity (Wildman–Crippen MR) is 65.5 cm³/mol. The fourth-order valence-electron chi connectivity index (χ4n) is 1.78. The number of halogens is 4. The minimum absolute atomic E-state index is 0.00394. The zero-order valence-corrected chi connectivity index (χ0v) is 10.3. The summed E-state index contributed by atoms with van der Waals surface area (Å²) in [6, 6.07) is 7.57. The van der Waals surface area contributed by atoms with Gasteiger partial charge in [-0.1, -0.05) is 12.1 Å². The third-order valence-electron chi connectivity index (χ3n) is 2.61. The Balaban J connectivity index is 2.52. The fraction of sp³-hybridized carbons (Fsp3) is 0.0714. The first-order chi connectivity index (χ1) is 9.76. The Kier molecular flexibility index (Phi) is 3.84. The van der Waals surface area contributed by atoms with Crippen LogP contribution in [-0.2, 0) is 0 Å². The van der Waals surface area contributed by atoms with Gasteiger partial charge in [-0.05, 0) is 41.5 Å². The Morgan fingerprint density at radius 1 is 1.05 bits per heavy atom. The van der Waals surface area contributed by atoms with Crippen molar-refractivity contribution in [2.45, 2.75) is 6.36 Å². The van der Waals surface area contributed by atoms with Gasteiger partial charge in [0.25, 0.3) is 0 Å². The fourth-order valence-corrected chi connectivity index (χ4v) is 1.78. The summed E-state index contributed by atoms with van der Waals surface area (Å²) in [5.41, 5.74) is 0.0572. The molecule has 0 aliphatic carbocycles. The molecule has 0 spiro atoms. The van der Waals surface area contributed by atoms with Gasteiger partial charge in [-0.15, -0.1) is 13.2 Å². The predicted octanol–water partition coefficient (Wildman–Crippen LogP) is 4.09. The molecular formula is C14H8F4O3. The van der Waals surface area contributed by atoms with Gasteiger partial charge >= 0.3 is 12.3 Å². The van der Waals surface area contributed by atoms with Gasteiger partial charge in [0.2, 0.25) is 0 Å². The average molecular weight is 300 g/mol. The molecule has 0 atom stereocenters.